The minimum absolute atomic E-state index is 0.126. The molecule has 0 aliphatic rings. The zero-order chi connectivity index (χ0) is 15.2. The molecule has 0 aromatic heterocycles. The van der Waals surface area contributed by atoms with Gasteiger partial charge in [-0.15, -0.1) is 0 Å². The lowest BCUT2D eigenvalue weighted by molar-refractivity contribution is 0.316. The molecule has 0 saturated heterocycles. The Bertz CT molecular complexity index is 587. The summed E-state index contributed by atoms with van der Waals surface area (Å²) in [5, 5.41) is 9.12. The zero-order valence-electron chi connectivity index (χ0n) is 12.1. The van der Waals surface area contributed by atoms with E-state index in [-0.39, 0.29) is 10.5 Å². The van der Waals surface area contributed by atoms with Crippen molar-refractivity contribution in [1.82, 2.24) is 4.31 Å². The molecular weight excluding hydrogens is 276 g/mol. The van der Waals surface area contributed by atoms with Gasteiger partial charge < -0.3 is 4.74 Å². The van der Waals surface area contributed by atoms with E-state index in [1.165, 1.54) is 16.4 Å². The van der Waals surface area contributed by atoms with Crippen LogP contribution >= 0.6 is 0 Å². The number of hydrogen-bond acceptors (Lipinski definition) is 4. The van der Waals surface area contributed by atoms with Crippen LogP contribution in [0.3, 0.4) is 0 Å². The lowest BCUT2D eigenvalue weighted by Gasteiger charge is -2.19. The topological polar surface area (TPSA) is 70.4 Å². The third-order valence-electron chi connectivity index (χ3n) is 2.88. The number of nitrogens with zero attached hydrogens (tertiary/aromatic N) is 2. The Morgan fingerprint density at radius 1 is 1.25 bits per heavy atom. The molecule has 1 aromatic carbocycles. The standard InChI is InChI=1S/C14H20N2O3S/c1-4-9-19-14-8-7-13(10-12(14)11-15)20(17,18)16(5-2)6-3/h7-8,10H,4-6,9H2,1-3H3. The maximum absolute atomic E-state index is 12.4. The van der Waals surface area contributed by atoms with Gasteiger partial charge in [-0.3, -0.25) is 0 Å². The highest BCUT2D eigenvalue weighted by Gasteiger charge is 2.22. The van der Waals surface area contributed by atoms with Gasteiger partial charge >= 0.3 is 0 Å². The molecule has 5 nitrogen and oxygen atoms in total. The van der Waals surface area contributed by atoms with Crippen LogP contribution in [-0.2, 0) is 10.0 Å². The average Bonchev–Trinajstić information content (AvgIpc) is 2.45. The molecule has 1 aromatic rings. The van der Waals surface area contributed by atoms with Gasteiger partial charge in [-0.1, -0.05) is 20.8 Å². The highest BCUT2D eigenvalue weighted by Crippen LogP contribution is 2.24. The normalized spacial score (nSPS) is 11.3. The Morgan fingerprint density at radius 2 is 1.90 bits per heavy atom. The second-order valence-electron chi connectivity index (χ2n) is 4.21. The lowest BCUT2D eigenvalue weighted by atomic mass is 10.2. The Kier molecular flexibility index (Phi) is 5.99. The Labute approximate surface area is 120 Å². The minimum atomic E-state index is -3.54. The molecule has 6 heteroatoms. The molecule has 0 saturated carbocycles. The van der Waals surface area contributed by atoms with E-state index in [0.717, 1.165) is 6.42 Å². The van der Waals surface area contributed by atoms with Crippen molar-refractivity contribution in [2.45, 2.75) is 32.1 Å². The van der Waals surface area contributed by atoms with Crippen molar-refractivity contribution < 1.29 is 13.2 Å². The highest BCUT2D eigenvalue weighted by molar-refractivity contribution is 7.89. The monoisotopic (exact) mass is 296 g/mol. The molecule has 0 N–H and O–H groups in total. The SMILES string of the molecule is CCCOc1ccc(S(=O)(=O)N(CC)CC)cc1C#N. The number of rotatable bonds is 7. The number of ether oxygens (including phenoxy) is 1. The zero-order valence-corrected chi connectivity index (χ0v) is 12.9. The maximum Gasteiger partial charge on any atom is 0.243 e. The average molecular weight is 296 g/mol. The first-order valence-electron chi connectivity index (χ1n) is 6.68. The fourth-order valence-corrected chi connectivity index (χ4v) is 3.29. The van der Waals surface area contributed by atoms with Gasteiger partial charge in [0.25, 0.3) is 0 Å². The molecule has 0 fully saturated rings. The van der Waals surface area contributed by atoms with Crippen molar-refractivity contribution in [2.24, 2.45) is 0 Å². The van der Waals surface area contributed by atoms with Crippen LogP contribution < -0.4 is 4.74 Å². The van der Waals surface area contributed by atoms with Crippen LogP contribution in [0.1, 0.15) is 32.8 Å². The first-order valence-corrected chi connectivity index (χ1v) is 8.12. The van der Waals surface area contributed by atoms with Crippen molar-refractivity contribution in [3.8, 4) is 11.8 Å². The number of benzene rings is 1. The molecule has 1 rings (SSSR count). The van der Waals surface area contributed by atoms with Crippen LogP contribution in [0, 0.1) is 11.3 Å². The van der Waals surface area contributed by atoms with E-state index >= 15 is 0 Å². The van der Waals surface area contributed by atoms with E-state index in [9.17, 15) is 8.42 Å². The van der Waals surface area contributed by atoms with Gasteiger partial charge in [-0.25, -0.2) is 8.42 Å². The second-order valence-corrected chi connectivity index (χ2v) is 6.15. The van der Waals surface area contributed by atoms with Crippen LogP contribution in [0.4, 0.5) is 0 Å². The molecule has 0 aliphatic carbocycles. The first kappa shape index (κ1) is 16.5. The molecule has 0 heterocycles. The van der Waals surface area contributed by atoms with Crippen LogP contribution in [0.5, 0.6) is 5.75 Å². The molecule has 110 valence electrons. The van der Waals surface area contributed by atoms with E-state index in [1.54, 1.807) is 19.9 Å². The van der Waals surface area contributed by atoms with E-state index in [2.05, 4.69) is 0 Å². The second kappa shape index (κ2) is 7.27. The maximum atomic E-state index is 12.4. The van der Waals surface area contributed by atoms with Crippen molar-refractivity contribution in [2.75, 3.05) is 19.7 Å². The van der Waals surface area contributed by atoms with Gasteiger partial charge in [-0.05, 0) is 24.6 Å². The summed E-state index contributed by atoms with van der Waals surface area (Å²) < 4.78 is 31.5. The smallest absolute Gasteiger partial charge is 0.243 e. The quantitative estimate of drug-likeness (QED) is 0.774. The van der Waals surface area contributed by atoms with Crippen molar-refractivity contribution >= 4 is 10.0 Å². The van der Waals surface area contributed by atoms with Gasteiger partial charge in [0.15, 0.2) is 0 Å². The van der Waals surface area contributed by atoms with E-state index in [0.29, 0.717) is 25.4 Å². The predicted molar refractivity (Wildman–Crippen MR) is 77.0 cm³/mol. The Hall–Kier alpha value is -1.58. The molecule has 0 spiro atoms. The number of nitriles is 1. The summed E-state index contributed by atoms with van der Waals surface area (Å²) in [4.78, 5) is 0.126. The van der Waals surface area contributed by atoms with E-state index < -0.39 is 10.0 Å². The first-order chi connectivity index (χ1) is 9.51. The van der Waals surface area contributed by atoms with Crippen molar-refractivity contribution in [1.29, 1.82) is 5.26 Å². The predicted octanol–water partition coefficient (Wildman–Crippen LogP) is 2.38. The van der Waals surface area contributed by atoms with Crippen LogP contribution in [-0.4, -0.2) is 32.4 Å². The van der Waals surface area contributed by atoms with Crippen LogP contribution in [0.2, 0.25) is 0 Å². The molecular formula is C14H20N2O3S. The molecule has 0 unspecified atom stereocenters. The number of hydrogen-bond donors (Lipinski definition) is 0. The Morgan fingerprint density at radius 3 is 2.40 bits per heavy atom. The van der Waals surface area contributed by atoms with Gasteiger partial charge in [0, 0.05) is 13.1 Å². The molecule has 0 bridgehead atoms. The summed E-state index contributed by atoms with van der Waals surface area (Å²) in [6.45, 7) is 6.82. The summed E-state index contributed by atoms with van der Waals surface area (Å²) in [5.41, 5.74) is 0.242. The van der Waals surface area contributed by atoms with Crippen molar-refractivity contribution in [3.63, 3.8) is 0 Å². The summed E-state index contributed by atoms with van der Waals surface area (Å²) in [6.07, 6.45) is 0.824. The van der Waals surface area contributed by atoms with Crippen LogP contribution in [0.25, 0.3) is 0 Å². The summed E-state index contributed by atoms with van der Waals surface area (Å²) in [7, 11) is -3.54. The molecule has 0 amide bonds. The number of sulfonamides is 1. The van der Waals surface area contributed by atoms with Gasteiger partial charge in [0.2, 0.25) is 10.0 Å². The largest absolute Gasteiger partial charge is 0.492 e. The molecule has 0 radical (unpaired) electrons. The third-order valence-corrected chi connectivity index (χ3v) is 4.92. The molecule has 20 heavy (non-hydrogen) atoms. The molecule has 0 atom stereocenters. The summed E-state index contributed by atoms with van der Waals surface area (Å²) >= 11 is 0. The van der Waals surface area contributed by atoms with Crippen LogP contribution in [0.15, 0.2) is 23.1 Å². The van der Waals surface area contributed by atoms with E-state index in [4.69, 9.17) is 10.00 Å². The fraction of sp³-hybridized carbons (Fsp3) is 0.500. The third kappa shape index (κ3) is 3.50. The van der Waals surface area contributed by atoms with Gasteiger partial charge in [0.05, 0.1) is 17.1 Å². The fourth-order valence-electron chi connectivity index (χ4n) is 1.81. The molecule has 0 aliphatic heterocycles. The van der Waals surface area contributed by atoms with Crippen molar-refractivity contribution in [3.05, 3.63) is 23.8 Å². The minimum Gasteiger partial charge on any atom is -0.492 e. The summed E-state index contributed by atoms with van der Waals surface area (Å²) in [6, 6.07) is 6.39. The van der Waals surface area contributed by atoms with Gasteiger partial charge in [0.1, 0.15) is 11.8 Å². The summed E-state index contributed by atoms with van der Waals surface area (Å²) in [5.74, 6) is 0.424. The van der Waals surface area contributed by atoms with E-state index in [1.807, 2.05) is 13.0 Å². The van der Waals surface area contributed by atoms with Gasteiger partial charge in [-0.2, -0.15) is 9.57 Å². The lowest BCUT2D eigenvalue weighted by Crippen LogP contribution is -2.30. The highest BCUT2D eigenvalue weighted by atomic mass is 32.2. The Balaban J connectivity index is 3.19.